The van der Waals surface area contributed by atoms with Gasteiger partial charge in [-0.05, 0) is 116 Å². The van der Waals surface area contributed by atoms with Gasteiger partial charge in [-0.25, -0.2) is 0 Å². The van der Waals surface area contributed by atoms with Crippen LogP contribution in [0.2, 0.25) is 0 Å². The molecule has 3 nitrogen and oxygen atoms in total. The summed E-state index contributed by atoms with van der Waals surface area (Å²) < 4.78 is 0. The molecule has 0 aliphatic heterocycles. The van der Waals surface area contributed by atoms with Gasteiger partial charge in [0.15, 0.2) is 0 Å². The van der Waals surface area contributed by atoms with Crippen molar-refractivity contribution >= 4 is 12.0 Å². The van der Waals surface area contributed by atoms with Crippen LogP contribution in [-0.4, -0.2) is 18.9 Å². The maximum atomic E-state index is 12.2. The fourth-order valence-electron chi connectivity index (χ4n) is 10.2. The van der Waals surface area contributed by atoms with Crippen LogP contribution in [0.25, 0.3) is 0 Å². The Labute approximate surface area is 225 Å². The summed E-state index contributed by atoms with van der Waals surface area (Å²) in [5.74, 6) is 6.16. The van der Waals surface area contributed by atoms with E-state index < -0.39 is 0 Å². The zero-order chi connectivity index (χ0) is 25.4. The first-order valence-electron chi connectivity index (χ1n) is 15.8. The van der Waals surface area contributed by atoms with Crippen LogP contribution in [0.5, 0.6) is 0 Å². The second kappa shape index (κ2) is 10.9. The van der Waals surface area contributed by atoms with Crippen molar-refractivity contribution in [3.63, 3.8) is 0 Å². The van der Waals surface area contributed by atoms with Crippen LogP contribution >= 0.6 is 0 Å². The molecule has 0 saturated heterocycles. The summed E-state index contributed by atoms with van der Waals surface area (Å²) in [7, 11) is 0. The summed E-state index contributed by atoms with van der Waals surface area (Å²) >= 11 is 0. The number of hydrogen-bond acceptors (Lipinski definition) is 3. The van der Waals surface area contributed by atoms with Crippen LogP contribution in [0.15, 0.2) is 42.5 Å². The van der Waals surface area contributed by atoms with Crippen LogP contribution in [0.3, 0.4) is 0 Å². The molecule has 0 unspecified atom stereocenters. The van der Waals surface area contributed by atoms with E-state index in [9.17, 15) is 4.79 Å². The molecule has 6 rings (SSSR count). The van der Waals surface area contributed by atoms with Crippen molar-refractivity contribution in [1.82, 2.24) is 0 Å². The topological polar surface area (TPSA) is 55.1 Å². The van der Waals surface area contributed by atoms with Gasteiger partial charge in [0.25, 0.3) is 0 Å². The van der Waals surface area contributed by atoms with E-state index in [1.165, 1.54) is 101 Å². The highest BCUT2D eigenvalue weighted by molar-refractivity contribution is 5.61. The SMILES string of the molecule is C=C1CC[C@@H]2[C@H]([C@@H]3C[C@@H](C4CCCCC4)C[C@H]13)[C@@]2(CC[C@@H]1CC[C@H](CNc2ccccc2)C1)[C@@H](N)C=O. The smallest absolute Gasteiger partial charge is 0.137 e. The number of carbonyl (C=O) groups excluding carboxylic acids is 1. The summed E-state index contributed by atoms with van der Waals surface area (Å²) in [6, 6.07) is 10.3. The fourth-order valence-corrected chi connectivity index (χ4v) is 10.2. The molecule has 0 spiro atoms. The Morgan fingerprint density at radius 1 is 0.973 bits per heavy atom. The van der Waals surface area contributed by atoms with E-state index in [4.69, 9.17) is 5.73 Å². The molecule has 9 atom stereocenters. The molecule has 5 saturated carbocycles. The predicted octanol–water partition coefficient (Wildman–Crippen LogP) is 7.63. The Balaban J connectivity index is 1.10. The lowest BCUT2D eigenvalue weighted by molar-refractivity contribution is -0.110. The van der Waals surface area contributed by atoms with E-state index >= 15 is 0 Å². The standard InChI is InChI=1S/C34H50N2O/c1-23-12-15-31-33(30-20-27(19-29(23)30)26-8-4-2-5-9-26)34(31,32(35)22-37)17-16-24-13-14-25(18-24)21-36-28-10-6-3-7-11-28/h3,6-7,10-11,22,24-27,29-33,36H,1-2,4-5,8-9,12-21,35H2/t24-,25-,27-,29+,30+,31+,32-,33-,34+/m0/s1. The van der Waals surface area contributed by atoms with Gasteiger partial charge in [-0.2, -0.15) is 0 Å². The van der Waals surface area contributed by atoms with Crippen LogP contribution in [0.1, 0.15) is 89.9 Å². The zero-order valence-corrected chi connectivity index (χ0v) is 23.0. The maximum absolute atomic E-state index is 12.2. The summed E-state index contributed by atoms with van der Waals surface area (Å²) in [6.07, 6.45) is 19.9. The molecular formula is C34H50N2O. The molecule has 0 radical (unpaired) electrons. The molecular weight excluding hydrogens is 452 g/mol. The molecule has 202 valence electrons. The highest BCUT2D eigenvalue weighted by Crippen LogP contribution is 2.74. The summed E-state index contributed by atoms with van der Waals surface area (Å²) in [6.45, 7) is 5.70. The van der Waals surface area contributed by atoms with Crippen LogP contribution < -0.4 is 11.1 Å². The third kappa shape index (κ3) is 4.95. The Morgan fingerprint density at radius 3 is 2.54 bits per heavy atom. The second-order valence-corrected chi connectivity index (χ2v) is 13.8. The first kappa shape index (κ1) is 25.7. The number of aldehydes is 1. The molecule has 5 aliphatic rings. The highest BCUT2D eigenvalue weighted by Gasteiger charge is 2.70. The number of hydrogen-bond donors (Lipinski definition) is 2. The molecule has 5 aliphatic carbocycles. The Hall–Kier alpha value is -1.61. The van der Waals surface area contributed by atoms with E-state index in [0.29, 0.717) is 17.8 Å². The van der Waals surface area contributed by atoms with E-state index in [1.807, 2.05) is 0 Å². The van der Waals surface area contributed by atoms with Gasteiger partial charge < -0.3 is 15.8 Å². The number of anilines is 1. The molecule has 1 aromatic rings. The molecule has 0 aromatic heterocycles. The number of nitrogens with two attached hydrogens (primary N) is 1. The van der Waals surface area contributed by atoms with Gasteiger partial charge in [0.1, 0.15) is 6.29 Å². The van der Waals surface area contributed by atoms with Crippen molar-refractivity contribution in [3.05, 3.63) is 42.5 Å². The quantitative estimate of drug-likeness (QED) is 0.270. The Morgan fingerprint density at radius 2 is 1.76 bits per heavy atom. The highest BCUT2D eigenvalue weighted by atomic mass is 16.1. The second-order valence-electron chi connectivity index (χ2n) is 13.8. The minimum absolute atomic E-state index is 0.0766. The van der Waals surface area contributed by atoms with Crippen molar-refractivity contribution in [3.8, 4) is 0 Å². The summed E-state index contributed by atoms with van der Waals surface area (Å²) in [5.41, 5.74) is 9.59. The monoisotopic (exact) mass is 502 g/mol. The number of nitrogens with one attached hydrogen (secondary N) is 1. The third-order valence-electron chi connectivity index (χ3n) is 12.1. The number of para-hydroxylation sites is 1. The van der Waals surface area contributed by atoms with Crippen molar-refractivity contribution in [2.75, 3.05) is 11.9 Å². The van der Waals surface area contributed by atoms with Gasteiger partial charge in [-0.15, -0.1) is 0 Å². The van der Waals surface area contributed by atoms with E-state index in [2.05, 4.69) is 42.2 Å². The predicted molar refractivity (Wildman–Crippen MR) is 153 cm³/mol. The van der Waals surface area contributed by atoms with Gasteiger partial charge in [0.05, 0.1) is 6.04 Å². The summed E-state index contributed by atoms with van der Waals surface area (Å²) in [4.78, 5) is 12.2. The zero-order valence-electron chi connectivity index (χ0n) is 23.0. The molecule has 0 heterocycles. The molecule has 0 amide bonds. The normalized spacial score (nSPS) is 40.5. The largest absolute Gasteiger partial charge is 0.385 e. The maximum Gasteiger partial charge on any atom is 0.137 e. The molecule has 0 bridgehead atoms. The van der Waals surface area contributed by atoms with Crippen molar-refractivity contribution in [2.24, 2.45) is 58.5 Å². The van der Waals surface area contributed by atoms with Gasteiger partial charge in [0, 0.05) is 12.2 Å². The molecule has 1 aromatic carbocycles. The average molecular weight is 503 g/mol. The molecule has 5 fully saturated rings. The lowest BCUT2D eigenvalue weighted by atomic mass is 9.77. The van der Waals surface area contributed by atoms with Gasteiger partial charge in [-0.3, -0.25) is 0 Å². The Bertz CT molecular complexity index is 938. The van der Waals surface area contributed by atoms with Crippen molar-refractivity contribution < 1.29 is 4.79 Å². The minimum atomic E-state index is -0.278. The Kier molecular flexibility index (Phi) is 7.54. The fraction of sp³-hybridized carbons (Fsp3) is 0.735. The number of carbonyl (C=O) groups is 1. The van der Waals surface area contributed by atoms with Crippen LogP contribution in [-0.2, 0) is 4.79 Å². The first-order chi connectivity index (χ1) is 18.1. The van der Waals surface area contributed by atoms with E-state index in [0.717, 1.165) is 42.4 Å². The lowest BCUT2D eigenvalue weighted by Gasteiger charge is -2.29. The molecule has 37 heavy (non-hydrogen) atoms. The molecule has 3 N–H and O–H groups in total. The van der Waals surface area contributed by atoms with Gasteiger partial charge in [-0.1, -0.05) is 68.9 Å². The number of rotatable bonds is 9. The number of fused-ring (bicyclic) bond motifs is 3. The summed E-state index contributed by atoms with van der Waals surface area (Å²) in [5, 5.41) is 3.65. The van der Waals surface area contributed by atoms with E-state index in [1.54, 1.807) is 0 Å². The van der Waals surface area contributed by atoms with Crippen LogP contribution in [0.4, 0.5) is 5.69 Å². The lowest BCUT2D eigenvalue weighted by Crippen LogP contribution is -2.37. The third-order valence-corrected chi connectivity index (χ3v) is 12.1. The molecule has 3 heteroatoms. The van der Waals surface area contributed by atoms with Crippen LogP contribution in [0, 0.1) is 52.8 Å². The van der Waals surface area contributed by atoms with Crippen molar-refractivity contribution in [1.29, 1.82) is 0 Å². The van der Waals surface area contributed by atoms with Gasteiger partial charge in [0.2, 0.25) is 0 Å². The first-order valence-corrected chi connectivity index (χ1v) is 15.8. The number of allylic oxidation sites excluding steroid dienone is 1. The number of benzene rings is 1. The average Bonchev–Trinajstić information content (AvgIpc) is 3.21. The minimum Gasteiger partial charge on any atom is -0.385 e. The van der Waals surface area contributed by atoms with Gasteiger partial charge >= 0.3 is 0 Å². The van der Waals surface area contributed by atoms with Crippen molar-refractivity contribution in [2.45, 2.75) is 95.9 Å². The van der Waals surface area contributed by atoms with E-state index in [-0.39, 0.29) is 11.5 Å².